The van der Waals surface area contributed by atoms with E-state index in [2.05, 4.69) is 10.6 Å². The molecule has 1 aliphatic rings. The normalized spacial score (nSPS) is 20.6. The van der Waals surface area contributed by atoms with Gasteiger partial charge in [0.2, 0.25) is 5.91 Å². The van der Waals surface area contributed by atoms with Gasteiger partial charge in [-0.15, -0.1) is 0 Å². The van der Waals surface area contributed by atoms with Crippen LogP contribution in [0, 0.1) is 0 Å². The Morgan fingerprint density at radius 1 is 1.44 bits per heavy atom. The van der Waals surface area contributed by atoms with Crippen molar-refractivity contribution in [3.63, 3.8) is 0 Å². The summed E-state index contributed by atoms with van der Waals surface area (Å²) in [5, 5.41) is 15.5. The lowest BCUT2D eigenvalue weighted by molar-refractivity contribution is -0.122. The molecule has 1 unspecified atom stereocenters. The van der Waals surface area contributed by atoms with Gasteiger partial charge in [0.25, 0.3) is 0 Å². The summed E-state index contributed by atoms with van der Waals surface area (Å²) < 4.78 is 0. The number of amides is 1. The Kier molecular flexibility index (Phi) is 4.73. The third kappa shape index (κ3) is 3.55. The van der Waals surface area contributed by atoms with Gasteiger partial charge in [0.1, 0.15) is 0 Å². The molecular formula is C14H20N2O2. The first-order valence-corrected chi connectivity index (χ1v) is 6.48. The van der Waals surface area contributed by atoms with Crippen molar-refractivity contribution in [1.82, 2.24) is 10.6 Å². The highest BCUT2D eigenvalue weighted by molar-refractivity contribution is 5.77. The predicted molar refractivity (Wildman–Crippen MR) is 70.1 cm³/mol. The zero-order valence-corrected chi connectivity index (χ0v) is 10.4. The van der Waals surface area contributed by atoms with Crippen LogP contribution in [0.5, 0.6) is 0 Å². The second-order valence-corrected chi connectivity index (χ2v) is 4.71. The standard InChI is InChI=1S/C14H20N2O2/c17-10-13(11-5-2-1-3-6-11)16-14(18)9-12-7-4-8-15-12/h1-3,5-6,12-13,15,17H,4,7-10H2,(H,16,18)/t12?,13-/m0/s1. The average Bonchev–Trinajstić information content (AvgIpc) is 2.90. The second kappa shape index (κ2) is 6.52. The Balaban J connectivity index is 1.87. The van der Waals surface area contributed by atoms with Crippen molar-refractivity contribution >= 4 is 5.91 Å². The van der Waals surface area contributed by atoms with Gasteiger partial charge in [0.15, 0.2) is 0 Å². The number of hydrogen-bond acceptors (Lipinski definition) is 3. The molecule has 1 aromatic carbocycles. The van der Waals surface area contributed by atoms with Crippen LogP contribution in [0.3, 0.4) is 0 Å². The van der Waals surface area contributed by atoms with Crippen molar-refractivity contribution in [3.8, 4) is 0 Å². The summed E-state index contributed by atoms with van der Waals surface area (Å²) in [6.45, 7) is 0.925. The van der Waals surface area contributed by atoms with Gasteiger partial charge >= 0.3 is 0 Å². The van der Waals surface area contributed by atoms with E-state index in [0.717, 1.165) is 24.9 Å². The maximum atomic E-state index is 11.9. The van der Waals surface area contributed by atoms with Crippen molar-refractivity contribution in [3.05, 3.63) is 35.9 Å². The molecule has 2 atom stereocenters. The van der Waals surface area contributed by atoms with Gasteiger partial charge in [0.05, 0.1) is 12.6 Å². The minimum Gasteiger partial charge on any atom is -0.394 e. The number of hydrogen-bond donors (Lipinski definition) is 3. The lowest BCUT2D eigenvalue weighted by Crippen LogP contribution is -2.35. The van der Waals surface area contributed by atoms with E-state index in [4.69, 9.17) is 0 Å². The second-order valence-electron chi connectivity index (χ2n) is 4.71. The van der Waals surface area contributed by atoms with Gasteiger partial charge in [-0.3, -0.25) is 4.79 Å². The van der Waals surface area contributed by atoms with Crippen LogP contribution in [0.2, 0.25) is 0 Å². The summed E-state index contributed by atoms with van der Waals surface area (Å²) in [4.78, 5) is 11.9. The predicted octanol–water partition coefficient (Wildman–Crippen LogP) is 0.978. The monoisotopic (exact) mass is 248 g/mol. The third-order valence-corrected chi connectivity index (χ3v) is 3.31. The molecule has 0 aliphatic carbocycles. The molecule has 0 saturated carbocycles. The third-order valence-electron chi connectivity index (χ3n) is 3.31. The van der Waals surface area contributed by atoms with E-state index in [1.54, 1.807) is 0 Å². The lowest BCUT2D eigenvalue weighted by Gasteiger charge is -2.18. The largest absolute Gasteiger partial charge is 0.394 e. The molecule has 0 radical (unpaired) electrons. The van der Waals surface area contributed by atoms with Crippen molar-refractivity contribution in [1.29, 1.82) is 0 Å². The van der Waals surface area contributed by atoms with Crippen LogP contribution >= 0.6 is 0 Å². The van der Waals surface area contributed by atoms with E-state index in [1.807, 2.05) is 30.3 Å². The summed E-state index contributed by atoms with van der Waals surface area (Å²) >= 11 is 0. The van der Waals surface area contributed by atoms with E-state index < -0.39 is 0 Å². The fraction of sp³-hybridized carbons (Fsp3) is 0.500. The van der Waals surface area contributed by atoms with Crippen LogP contribution in [0.1, 0.15) is 30.9 Å². The SMILES string of the molecule is O=C(CC1CCCN1)N[C@@H](CO)c1ccccc1. The summed E-state index contributed by atoms with van der Waals surface area (Å²) in [7, 11) is 0. The fourth-order valence-electron chi connectivity index (χ4n) is 2.33. The van der Waals surface area contributed by atoms with Gasteiger partial charge in [-0.2, -0.15) is 0 Å². The summed E-state index contributed by atoms with van der Waals surface area (Å²) in [5.41, 5.74) is 0.938. The molecule has 2 rings (SSSR count). The van der Waals surface area contributed by atoms with Crippen LogP contribution in [-0.4, -0.2) is 30.2 Å². The molecule has 1 fully saturated rings. The fourth-order valence-corrected chi connectivity index (χ4v) is 2.33. The van der Waals surface area contributed by atoms with Crippen LogP contribution in [0.4, 0.5) is 0 Å². The minimum absolute atomic E-state index is 0.00250. The van der Waals surface area contributed by atoms with Gasteiger partial charge in [0, 0.05) is 12.5 Å². The van der Waals surface area contributed by atoms with Gasteiger partial charge in [-0.05, 0) is 24.9 Å². The Labute approximate surface area is 107 Å². The molecular weight excluding hydrogens is 228 g/mol. The summed E-state index contributed by atoms with van der Waals surface area (Å²) in [6, 6.07) is 9.54. The van der Waals surface area contributed by atoms with Gasteiger partial charge in [-0.25, -0.2) is 0 Å². The first-order chi connectivity index (χ1) is 8.79. The zero-order chi connectivity index (χ0) is 12.8. The molecule has 1 heterocycles. The Morgan fingerprint density at radius 3 is 2.83 bits per heavy atom. The molecule has 1 amide bonds. The van der Waals surface area contributed by atoms with E-state index in [1.165, 1.54) is 0 Å². The van der Waals surface area contributed by atoms with Gasteiger partial charge < -0.3 is 15.7 Å². The van der Waals surface area contributed by atoms with Crippen molar-refractivity contribution in [2.24, 2.45) is 0 Å². The van der Waals surface area contributed by atoms with Crippen LogP contribution in [-0.2, 0) is 4.79 Å². The van der Waals surface area contributed by atoms with Crippen LogP contribution < -0.4 is 10.6 Å². The average molecular weight is 248 g/mol. The topological polar surface area (TPSA) is 61.4 Å². The Morgan fingerprint density at radius 2 is 2.22 bits per heavy atom. The molecule has 98 valence electrons. The number of benzene rings is 1. The number of nitrogens with one attached hydrogen (secondary N) is 2. The first-order valence-electron chi connectivity index (χ1n) is 6.48. The highest BCUT2D eigenvalue weighted by Crippen LogP contribution is 2.13. The number of carbonyl (C=O) groups excluding carboxylic acids is 1. The minimum atomic E-state index is -0.305. The maximum Gasteiger partial charge on any atom is 0.222 e. The molecule has 18 heavy (non-hydrogen) atoms. The molecule has 0 bridgehead atoms. The molecule has 4 heteroatoms. The van der Waals surface area contributed by atoms with Crippen LogP contribution in [0.25, 0.3) is 0 Å². The van der Waals surface area contributed by atoms with E-state index in [0.29, 0.717) is 12.5 Å². The number of aliphatic hydroxyl groups excluding tert-OH is 1. The molecule has 1 aliphatic heterocycles. The number of rotatable bonds is 5. The van der Waals surface area contributed by atoms with E-state index >= 15 is 0 Å². The number of aliphatic hydroxyl groups is 1. The molecule has 1 saturated heterocycles. The highest BCUT2D eigenvalue weighted by Gasteiger charge is 2.20. The van der Waals surface area contributed by atoms with Crippen molar-refractivity contribution < 1.29 is 9.90 Å². The molecule has 1 aromatic rings. The molecule has 3 N–H and O–H groups in total. The van der Waals surface area contributed by atoms with E-state index in [9.17, 15) is 9.90 Å². The summed E-state index contributed by atoms with van der Waals surface area (Å²) in [5.74, 6) is -0.00250. The Hall–Kier alpha value is -1.39. The quantitative estimate of drug-likeness (QED) is 0.728. The first kappa shape index (κ1) is 13.1. The summed E-state index contributed by atoms with van der Waals surface area (Å²) in [6.07, 6.45) is 2.69. The molecule has 0 spiro atoms. The highest BCUT2D eigenvalue weighted by atomic mass is 16.3. The van der Waals surface area contributed by atoms with Crippen molar-refractivity contribution in [2.75, 3.05) is 13.2 Å². The maximum absolute atomic E-state index is 11.9. The Bertz CT molecular complexity index is 375. The van der Waals surface area contributed by atoms with Crippen LogP contribution in [0.15, 0.2) is 30.3 Å². The van der Waals surface area contributed by atoms with E-state index in [-0.39, 0.29) is 18.6 Å². The lowest BCUT2D eigenvalue weighted by atomic mass is 10.1. The van der Waals surface area contributed by atoms with Gasteiger partial charge in [-0.1, -0.05) is 30.3 Å². The smallest absolute Gasteiger partial charge is 0.222 e. The van der Waals surface area contributed by atoms with Crippen molar-refractivity contribution in [2.45, 2.75) is 31.3 Å². The zero-order valence-electron chi connectivity index (χ0n) is 10.4. The number of carbonyl (C=O) groups is 1. The molecule has 4 nitrogen and oxygen atoms in total. The molecule has 0 aromatic heterocycles.